The number of ether oxygens (including phenoxy) is 12. The molecule has 23 heteroatoms. The van der Waals surface area contributed by atoms with E-state index < -0.39 is 110 Å². The number of hydrogen-bond acceptors (Lipinski definition) is 22. The van der Waals surface area contributed by atoms with Crippen molar-refractivity contribution in [3.8, 4) is 0 Å². The van der Waals surface area contributed by atoms with Gasteiger partial charge in [-0.05, 0) is 13.3 Å². The molecule has 3 heterocycles. The molecule has 10 atom stereocenters. The topological polar surface area (TPSA) is 278 Å². The Bertz CT molecular complexity index is 1650. The lowest BCUT2D eigenvalue weighted by atomic mass is 9.98. The van der Waals surface area contributed by atoms with E-state index in [1.165, 1.54) is 14.0 Å². The van der Waals surface area contributed by atoms with E-state index in [1.807, 2.05) is 0 Å². The molecule has 0 unspecified atom stereocenters. The number of nitrogens with zero attached hydrogens (tertiary/aromatic N) is 3. The van der Waals surface area contributed by atoms with Gasteiger partial charge in [0.2, 0.25) is 0 Å². The van der Waals surface area contributed by atoms with Gasteiger partial charge in [-0.25, -0.2) is 0 Å². The average molecular weight is 860 g/mol. The van der Waals surface area contributed by atoms with Crippen molar-refractivity contribution in [2.45, 2.75) is 142 Å². The third-order valence-electron chi connectivity index (χ3n) is 8.51. The van der Waals surface area contributed by atoms with Crippen LogP contribution in [0.2, 0.25) is 0 Å². The Kier molecular flexibility index (Phi) is 19.9. The maximum absolute atomic E-state index is 12.7. The van der Waals surface area contributed by atoms with Crippen molar-refractivity contribution in [2.75, 3.05) is 33.5 Å². The van der Waals surface area contributed by atoms with E-state index in [-0.39, 0.29) is 44.9 Å². The molecule has 2 aliphatic rings. The number of rotatable bonds is 22. The van der Waals surface area contributed by atoms with Crippen LogP contribution in [0.3, 0.4) is 0 Å². The predicted octanol–water partition coefficient (Wildman–Crippen LogP) is -0.157. The number of esters is 7. The van der Waals surface area contributed by atoms with E-state index in [4.69, 9.17) is 56.8 Å². The zero-order valence-electron chi connectivity index (χ0n) is 34.7. The summed E-state index contributed by atoms with van der Waals surface area (Å²) in [6, 6.07) is 0. The molecule has 2 saturated heterocycles. The molecular formula is C37H53N3O20. The summed E-state index contributed by atoms with van der Waals surface area (Å²) >= 11 is 0. The SMILES string of the molecule is CO[C@H]1O[C@H](COCCCn2cc(CCO[C@@H]3O[C@H](COC(C)=O)[C@@H](OC(C)=O)[C@H](OC(C)=O)[C@H]3OC(C)=O)nn2)[C@@H](OC(=O)CCC(C)=O)[C@H](OC(C)=O)[C@H]1OC(C)=O. The van der Waals surface area contributed by atoms with Crippen LogP contribution in [-0.4, -0.2) is 158 Å². The molecule has 0 spiro atoms. The van der Waals surface area contributed by atoms with Gasteiger partial charge in [0.25, 0.3) is 0 Å². The highest BCUT2D eigenvalue weighted by atomic mass is 16.7. The van der Waals surface area contributed by atoms with Crippen LogP contribution in [0.15, 0.2) is 6.20 Å². The van der Waals surface area contributed by atoms with Gasteiger partial charge in [-0.1, -0.05) is 5.21 Å². The van der Waals surface area contributed by atoms with Crippen LogP contribution in [0.1, 0.15) is 73.4 Å². The maximum atomic E-state index is 12.7. The molecule has 0 aliphatic carbocycles. The summed E-state index contributed by atoms with van der Waals surface area (Å²) in [5.74, 6) is -5.46. The Labute approximate surface area is 345 Å². The number of aryl methyl sites for hydroxylation is 1. The van der Waals surface area contributed by atoms with Crippen LogP contribution in [-0.2, 0) is 108 Å². The highest BCUT2D eigenvalue weighted by Gasteiger charge is 2.54. The van der Waals surface area contributed by atoms with E-state index in [2.05, 4.69) is 10.3 Å². The van der Waals surface area contributed by atoms with Crippen molar-refractivity contribution in [2.24, 2.45) is 0 Å². The van der Waals surface area contributed by atoms with E-state index in [0.717, 1.165) is 41.5 Å². The van der Waals surface area contributed by atoms with Gasteiger partial charge < -0.3 is 61.6 Å². The van der Waals surface area contributed by atoms with Crippen molar-refractivity contribution >= 4 is 47.6 Å². The van der Waals surface area contributed by atoms with Crippen molar-refractivity contribution in [3.63, 3.8) is 0 Å². The largest absolute Gasteiger partial charge is 0.463 e. The van der Waals surface area contributed by atoms with Crippen molar-refractivity contribution < 1.29 is 95.2 Å². The molecule has 3 rings (SSSR count). The zero-order chi connectivity index (χ0) is 44.5. The molecule has 0 bridgehead atoms. The number of hydrogen-bond donors (Lipinski definition) is 0. The Morgan fingerprint density at radius 1 is 0.617 bits per heavy atom. The minimum Gasteiger partial charge on any atom is -0.463 e. The summed E-state index contributed by atoms with van der Waals surface area (Å²) in [6.07, 6.45) is -10.9. The Hall–Kier alpha value is -5.10. The number of carbonyl (C=O) groups is 8. The zero-order valence-corrected chi connectivity index (χ0v) is 34.7. The summed E-state index contributed by atoms with van der Waals surface area (Å²) in [4.78, 5) is 95.9. The monoisotopic (exact) mass is 859 g/mol. The first-order valence-corrected chi connectivity index (χ1v) is 19.0. The fourth-order valence-corrected chi connectivity index (χ4v) is 6.17. The van der Waals surface area contributed by atoms with Gasteiger partial charge in [0.05, 0.1) is 25.3 Å². The van der Waals surface area contributed by atoms with Crippen molar-refractivity contribution in [1.82, 2.24) is 15.0 Å². The molecule has 0 amide bonds. The fraction of sp³-hybridized carbons (Fsp3) is 0.730. The molecule has 1 aromatic heterocycles. The van der Waals surface area contributed by atoms with Crippen LogP contribution in [0.4, 0.5) is 0 Å². The molecule has 2 fully saturated rings. The van der Waals surface area contributed by atoms with Gasteiger partial charge in [0, 0.05) is 80.8 Å². The van der Waals surface area contributed by atoms with E-state index in [0.29, 0.717) is 18.7 Å². The van der Waals surface area contributed by atoms with Crippen LogP contribution >= 0.6 is 0 Å². The van der Waals surface area contributed by atoms with Gasteiger partial charge in [-0.3, -0.25) is 38.2 Å². The first-order chi connectivity index (χ1) is 28.4. The summed E-state index contributed by atoms with van der Waals surface area (Å²) in [6.45, 7) is 7.95. The third kappa shape index (κ3) is 16.2. The van der Waals surface area contributed by atoms with E-state index >= 15 is 0 Å². The lowest BCUT2D eigenvalue weighted by Gasteiger charge is -2.44. The van der Waals surface area contributed by atoms with Gasteiger partial charge >= 0.3 is 41.8 Å². The van der Waals surface area contributed by atoms with Crippen LogP contribution < -0.4 is 0 Å². The van der Waals surface area contributed by atoms with Crippen molar-refractivity contribution in [3.05, 3.63) is 11.9 Å². The first-order valence-electron chi connectivity index (χ1n) is 19.0. The second-order valence-electron chi connectivity index (χ2n) is 13.7. The average Bonchev–Trinajstić information content (AvgIpc) is 3.60. The van der Waals surface area contributed by atoms with Crippen LogP contribution in [0.5, 0.6) is 0 Å². The molecule has 0 N–H and O–H groups in total. The molecule has 0 aromatic carbocycles. The third-order valence-corrected chi connectivity index (χ3v) is 8.51. The highest BCUT2D eigenvalue weighted by molar-refractivity contribution is 5.81. The number of ketones is 1. The van der Waals surface area contributed by atoms with E-state index in [1.54, 1.807) is 10.9 Å². The normalized spacial score (nSPS) is 26.2. The number of aromatic nitrogens is 3. The van der Waals surface area contributed by atoms with Gasteiger partial charge in [0.1, 0.15) is 24.6 Å². The minimum atomic E-state index is -1.38. The highest BCUT2D eigenvalue weighted by Crippen LogP contribution is 2.31. The molecule has 336 valence electrons. The summed E-state index contributed by atoms with van der Waals surface area (Å²) in [7, 11) is 1.29. The Morgan fingerprint density at radius 2 is 1.13 bits per heavy atom. The minimum absolute atomic E-state index is 0.0630. The molecule has 0 radical (unpaired) electrons. The lowest BCUT2D eigenvalue weighted by Crippen LogP contribution is -2.63. The summed E-state index contributed by atoms with van der Waals surface area (Å²) in [5.41, 5.74) is 0.496. The van der Waals surface area contributed by atoms with E-state index in [9.17, 15) is 38.4 Å². The van der Waals surface area contributed by atoms with Gasteiger partial charge in [0.15, 0.2) is 49.2 Å². The van der Waals surface area contributed by atoms with Gasteiger partial charge in [-0.2, -0.15) is 0 Å². The molecule has 0 saturated carbocycles. The van der Waals surface area contributed by atoms with Crippen LogP contribution in [0.25, 0.3) is 0 Å². The number of methoxy groups -OCH3 is 1. The van der Waals surface area contributed by atoms with Crippen LogP contribution in [0, 0.1) is 0 Å². The second-order valence-corrected chi connectivity index (χ2v) is 13.7. The standard InChI is InChI=1S/C37H53N3O20/c1-19(41)10-11-29(48)60-31-27(58-36(49-8)34(56-24(6)46)33(31)55-23(5)45)17-50-14-9-13-40-16-26(38-39-40)12-15-51-37-35(57-25(7)47)32(54-22(4)44)30(53-21(3)43)28(59-37)18-52-20(2)42/h16,27-28,30-37H,9-15,17-18H2,1-8H3/t27-,28-,30-,31-,32+,33+,34-,35-,36+,37-/m1/s1. The summed E-state index contributed by atoms with van der Waals surface area (Å²) in [5, 5.41) is 8.25. The first kappa shape index (κ1) is 49.3. The summed E-state index contributed by atoms with van der Waals surface area (Å²) < 4.78 is 68.3. The molecule has 60 heavy (non-hydrogen) atoms. The van der Waals surface area contributed by atoms with Crippen molar-refractivity contribution in [1.29, 1.82) is 0 Å². The Morgan fingerprint density at radius 3 is 1.68 bits per heavy atom. The smallest absolute Gasteiger partial charge is 0.306 e. The maximum Gasteiger partial charge on any atom is 0.306 e. The van der Waals surface area contributed by atoms with Gasteiger partial charge in [-0.15, -0.1) is 5.10 Å². The number of carbonyl (C=O) groups excluding carboxylic acids is 8. The molecule has 2 aliphatic heterocycles. The predicted molar refractivity (Wildman–Crippen MR) is 194 cm³/mol. The lowest BCUT2D eigenvalue weighted by molar-refractivity contribution is -0.307. The molecule has 23 nitrogen and oxygen atoms in total. The second kappa shape index (κ2) is 24.2. The fourth-order valence-electron chi connectivity index (χ4n) is 6.17. The molecule has 1 aromatic rings. The molecular weight excluding hydrogens is 806 g/mol. The number of Topliss-reactive ketones (excluding diaryl/α,β-unsaturated/α-hetero) is 1. The Balaban J connectivity index is 1.62. The quantitative estimate of drug-likeness (QED) is 0.0832.